The molecular weight excluding hydrogens is 375 g/mol. The summed E-state index contributed by atoms with van der Waals surface area (Å²) >= 11 is 14.2. The lowest BCUT2D eigenvalue weighted by Gasteiger charge is -2.07. The Morgan fingerprint density at radius 2 is 2.00 bits per heavy atom. The van der Waals surface area contributed by atoms with Gasteiger partial charge in [-0.2, -0.15) is 5.26 Å². The van der Waals surface area contributed by atoms with Crippen molar-refractivity contribution < 1.29 is 4.79 Å². The Balaban J connectivity index is 2.20. The molecule has 0 aliphatic heterocycles. The van der Waals surface area contributed by atoms with Crippen molar-refractivity contribution in [3.05, 3.63) is 39.4 Å². The third kappa shape index (κ3) is 4.30. The normalized spacial score (nSPS) is 10.3. The van der Waals surface area contributed by atoms with E-state index in [-0.39, 0.29) is 17.5 Å². The van der Waals surface area contributed by atoms with Crippen LogP contribution in [0.2, 0.25) is 10.0 Å². The van der Waals surface area contributed by atoms with Crippen molar-refractivity contribution >= 4 is 58.5 Å². The third-order valence-corrected chi connectivity index (χ3v) is 5.14. The van der Waals surface area contributed by atoms with E-state index >= 15 is 0 Å². The van der Waals surface area contributed by atoms with E-state index in [0.29, 0.717) is 31.2 Å². The number of anilines is 1. The van der Waals surface area contributed by atoms with Crippen LogP contribution < -0.4 is 5.73 Å². The molecule has 0 radical (unpaired) electrons. The highest BCUT2D eigenvalue weighted by atomic mass is 35.5. The van der Waals surface area contributed by atoms with Gasteiger partial charge in [-0.3, -0.25) is 4.79 Å². The minimum atomic E-state index is -0.152. The quantitative estimate of drug-likeness (QED) is 0.473. The van der Waals surface area contributed by atoms with Crippen molar-refractivity contribution in [1.82, 2.24) is 9.97 Å². The van der Waals surface area contributed by atoms with Gasteiger partial charge in [-0.1, -0.05) is 35.0 Å². The van der Waals surface area contributed by atoms with Crippen LogP contribution in [0, 0.1) is 11.3 Å². The fraction of sp³-hybridized carbons (Fsp3) is 0.143. The Morgan fingerprint density at radius 1 is 1.30 bits per heavy atom. The number of hydrogen-bond acceptors (Lipinski definition) is 7. The second-order valence-electron chi connectivity index (χ2n) is 4.22. The van der Waals surface area contributed by atoms with Gasteiger partial charge in [-0.25, -0.2) is 9.97 Å². The number of hydrogen-bond donors (Lipinski definition) is 1. The predicted octanol–water partition coefficient (Wildman–Crippen LogP) is 3.93. The van der Waals surface area contributed by atoms with E-state index in [1.165, 1.54) is 17.8 Å². The van der Waals surface area contributed by atoms with E-state index in [0.717, 1.165) is 11.8 Å². The van der Waals surface area contributed by atoms with E-state index in [2.05, 4.69) is 16.0 Å². The van der Waals surface area contributed by atoms with Crippen LogP contribution in [-0.4, -0.2) is 27.8 Å². The van der Waals surface area contributed by atoms with Gasteiger partial charge in [0.15, 0.2) is 5.78 Å². The van der Waals surface area contributed by atoms with Gasteiger partial charge in [-0.05, 0) is 24.5 Å². The number of thioether (sulfide) groups is 2. The van der Waals surface area contributed by atoms with Crippen LogP contribution in [-0.2, 0) is 0 Å². The molecule has 9 heteroatoms. The SMILES string of the molecule is CSc1nc(N)nc(SCC(=O)c2ccc(Cl)c(Cl)c2)c1C#N. The van der Waals surface area contributed by atoms with E-state index in [4.69, 9.17) is 28.9 Å². The predicted molar refractivity (Wildman–Crippen MR) is 94.5 cm³/mol. The van der Waals surface area contributed by atoms with Gasteiger partial charge in [0.2, 0.25) is 5.95 Å². The smallest absolute Gasteiger partial charge is 0.222 e. The molecule has 0 bridgehead atoms. The van der Waals surface area contributed by atoms with Gasteiger partial charge in [0.1, 0.15) is 21.7 Å². The summed E-state index contributed by atoms with van der Waals surface area (Å²) < 4.78 is 0. The molecule has 0 unspecified atom stereocenters. The van der Waals surface area contributed by atoms with Crippen LogP contribution in [0.5, 0.6) is 0 Å². The molecule has 23 heavy (non-hydrogen) atoms. The molecule has 2 rings (SSSR count). The van der Waals surface area contributed by atoms with Crippen LogP contribution in [0.25, 0.3) is 0 Å². The largest absolute Gasteiger partial charge is 0.368 e. The molecule has 0 fully saturated rings. The number of aromatic nitrogens is 2. The number of halogens is 2. The van der Waals surface area contributed by atoms with E-state index in [1.54, 1.807) is 18.4 Å². The summed E-state index contributed by atoms with van der Waals surface area (Å²) in [4.78, 5) is 20.3. The molecule has 1 aromatic heterocycles. The fourth-order valence-electron chi connectivity index (χ4n) is 1.67. The number of nitriles is 1. The average molecular weight is 385 g/mol. The first-order chi connectivity index (χ1) is 11.0. The topological polar surface area (TPSA) is 92.7 Å². The van der Waals surface area contributed by atoms with Crippen molar-refractivity contribution in [3.63, 3.8) is 0 Å². The van der Waals surface area contributed by atoms with Gasteiger partial charge in [-0.15, -0.1) is 11.8 Å². The lowest BCUT2D eigenvalue weighted by atomic mass is 10.1. The molecule has 118 valence electrons. The standard InChI is InChI=1S/C14H10Cl2N4OS2/c1-22-12-8(5-17)13(20-14(18)19-12)23-6-11(21)7-2-3-9(15)10(16)4-7/h2-4H,6H2,1H3,(H2,18,19,20). The number of ketones is 1. The summed E-state index contributed by atoms with van der Waals surface area (Å²) in [6, 6.07) is 6.73. The maximum absolute atomic E-state index is 12.2. The molecule has 0 saturated carbocycles. The number of carbonyl (C=O) groups excluding carboxylic acids is 1. The molecule has 5 nitrogen and oxygen atoms in total. The van der Waals surface area contributed by atoms with Crippen LogP contribution in [0.1, 0.15) is 15.9 Å². The number of carbonyl (C=O) groups is 1. The van der Waals surface area contributed by atoms with E-state index in [1.807, 2.05) is 0 Å². The third-order valence-electron chi connectivity index (χ3n) is 2.75. The van der Waals surface area contributed by atoms with E-state index in [9.17, 15) is 10.1 Å². The number of Topliss-reactive ketones (excluding diaryl/α,β-unsaturated/α-hetero) is 1. The summed E-state index contributed by atoms with van der Waals surface area (Å²) in [7, 11) is 0. The van der Waals surface area contributed by atoms with Gasteiger partial charge in [0.25, 0.3) is 0 Å². The maximum atomic E-state index is 12.2. The Bertz CT molecular complexity index is 808. The van der Waals surface area contributed by atoms with Crippen LogP contribution in [0.15, 0.2) is 28.3 Å². The first-order valence-corrected chi connectivity index (χ1v) is 9.15. The molecule has 2 N–H and O–H groups in total. The molecule has 0 amide bonds. The van der Waals surface area contributed by atoms with Gasteiger partial charge in [0.05, 0.1) is 15.8 Å². The minimum Gasteiger partial charge on any atom is -0.368 e. The Morgan fingerprint density at radius 3 is 2.61 bits per heavy atom. The van der Waals surface area contributed by atoms with Gasteiger partial charge < -0.3 is 5.73 Å². The van der Waals surface area contributed by atoms with Gasteiger partial charge >= 0.3 is 0 Å². The molecular formula is C14H10Cl2N4OS2. The Labute approximate surface area is 151 Å². The zero-order chi connectivity index (χ0) is 17.0. The second kappa shape index (κ2) is 7.88. The number of nitrogens with zero attached hydrogens (tertiary/aromatic N) is 3. The summed E-state index contributed by atoms with van der Waals surface area (Å²) in [5, 5.41) is 10.8. The number of benzene rings is 1. The Kier molecular flexibility index (Phi) is 6.13. The molecule has 0 saturated heterocycles. The zero-order valence-corrected chi connectivity index (χ0v) is 15.0. The summed E-state index contributed by atoms with van der Waals surface area (Å²) in [5.74, 6) is 0.00914. The van der Waals surface area contributed by atoms with Crippen LogP contribution >= 0.6 is 46.7 Å². The number of nitrogen functional groups attached to an aromatic ring is 1. The van der Waals surface area contributed by atoms with E-state index < -0.39 is 0 Å². The number of rotatable bonds is 5. The molecule has 0 spiro atoms. The monoisotopic (exact) mass is 384 g/mol. The van der Waals surface area contributed by atoms with Crippen LogP contribution in [0.3, 0.4) is 0 Å². The molecule has 1 aromatic carbocycles. The minimum absolute atomic E-state index is 0.0674. The highest BCUT2D eigenvalue weighted by molar-refractivity contribution is 8.00. The van der Waals surface area contributed by atoms with Crippen molar-refractivity contribution in [2.45, 2.75) is 10.1 Å². The lowest BCUT2D eigenvalue weighted by Crippen LogP contribution is -2.05. The Hall–Kier alpha value is -1.46. The van der Waals surface area contributed by atoms with Crippen molar-refractivity contribution in [2.24, 2.45) is 0 Å². The first-order valence-electron chi connectivity index (χ1n) is 6.19. The lowest BCUT2D eigenvalue weighted by molar-refractivity contribution is 0.102. The average Bonchev–Trinajstić information content (AvgIpc) is 2.54. The van der Waals surface area contributed by atoms with Crippen molar-refractivity contribution in [3.8, 4) is 6.07 Å². The summed E-state index contributed by atoms with van der Waals surface area (Å²) in [5.41, 5.74) is 6.40. The maximum Gasteiger partial charge on any atom is 0.222 e. The first kappa shape index (κ1) is 17.9. The van der Waals surface area contributed by atoms with Crippen molar-refractivity contribution in [2.75, 3.05) is 17.7 Å². The molecule has 2 aromatic rings. The van der Waals surface area contributed by atoms with Crippen LogP contribution in [0.4, 0.5) is 5.95 Å². The number of nitrogens with two attached hydrogens (primary N) is 1. The highest BCUT2D eigenvalue weighted by Gasteiger charge is 2.16. The zero-order valence-electron chi connectivity index (χ0n) is 11.8. The molecule has 1 heterocycles. The fourth-order valence-corrected chi connectivity index (χ4v) is 3.44. The second-order valence-corrected chi connectivity index (χ2v) is 6.80. The molecule has 0 atom stereocenters. The molecule has 0 aliphatic rings. The summed E-state index contributed by atoms with van der Waals surface area (Å²) in [6.45, 7) is 0. The summed E-state index contributed by atoms with van der Waals surface area (Å²) in [6.07, 6.45) is 1.79. The van der Waals surface area contributed by atoms with Gasteiger partial charge in [0, 0.05) is 5.56 Å². The highest BCUT2D eigenvalue weighted by Crippen LogP contribution is 2.29. The molecule has 0 aliphatic carbocycles. The van der Waals surface area contributed by atoms with Crippen molar-refractivity contribution in [1.29, 1.82) is 5.26 Å².